The van der Waals surface area contributed by atoms with Gasteiger partial charge in [-0.2, -0.15) is 0 Å². The van der Waals surface area contributed by atoms with Crippen LogP contribution in [0.15, 0.2) is 30.6 Å². The van der Waals surface area contributed by atoms with Crippen LogP contribution in [0.2, 0.25) is 0 Å². The summed E-state index contributed by atoms with van der Waals surface area (Å²) in [6.07, 6.45) is 6.96. The van der Waals surface area contributed by atoms with Crippen LogP contribution in [-0.2, 0) is 4.79 Å². The first-order chi connectivity index (χ1) is 9.35. The highest BCUT2D eigenvalue weighted by Crippen LogP contribution is 2.25. The van der Waals surface area contributed by atoms with E-state index in [1.165, 1.54) is 0 Å². The van der Waals surface area contributed by atoms with Crippen LogP contribution in [0.5, 0.6) is 5.75 Å². The van der Waals surface area contributed by atoms with Gasteiger partial charge in [-0.1, -0.05) is 0 Å². The van der Waals surface area contributed by atoms with Gasteiger partial charge in [0, 0.05) is 30.4 Å². The maximum absolute atomic E-state index is 10.2. The molecule has 0 aliphatic rings. The smallest absolute Gasteiger partial charge is 0.119 e. The zero-order chi connectivity index (χ0) is 13.5. The van der Waals surface area contributed by atoms with Crippen LogP contribution in [0, 0.1) is 0 Å². The first-order valence-corrected chi connectivity index (χ1v) is 6.47. The zero-order valence-electron chi connectivity index (χ0n) is 11.1. The lowest BCUT2D eigenvalue weighted by molar-refractivity contribution is -0.107. The number of aldehydes is 1. The molecule has 0 unspecified atom stereocenters. The van der Waals surface area contributed by atoms with Crippen molar-refractivity contribution in [3.63, 3.8) is 0 Å². The summed E-state index contributed by atoms with van der Waals surface area (Å²) in [5.74, 6) is 0.841. The maximum atomic E-state index is 10.2. The summed E-state index contributed by atoms with van der Waals surface area (Å²) >= 11 is 0. The Morgan fingerprint density at radius 1 is 1.32 bits per heavy atom. The van der Waals surface area contributed by atoms with Gasteiger partial charge in [0.1, 0.15) is 12.0 Å². The average Bonchev–Trinajstić information content (AvgIpc) is 2.46. The molecule has 100 valence electrons. The van der Waals surface area contributed by atoms with Gasteiger partial charge in [-0.15, -0.1) is 0 Å². The zero-order valence-corrected chi connectivity index (χ0v) is 11.1. The third-order valence-corrected chi connectivity index (χ3v) is 2.98. The summed E-state index contributed by atoms with van der Waals surface area (Å²) in [6, 6.07) is 5.98. The number of pyridine rings is 1. The Bertz CT molecular complexity index is 555. The number of hydrogen-bond acceptors (Lipinski definition) is 4. The van der Waals surface area contributed by atoms with Crippen LogP contribution in [0.25, 0.3) is 10.8 Å². The predicted octanol–water partition coefficient (Wildman–Crippen LogP) is 3.02. The van der Waals surface area contributed by atoms with E-state index >= 15 is 0 Å². The molecule has 0 spiro atoms. The van der Waals surface area contributed by atoms with E-state index in [1.807, 2.05) is 37.6 Å². The van der Waals surface area contributed by atoms with Crippen molar-refractivity contribution < 1.29 is 9.53 Å². The fourth-order valence-electron chi connectivity index (χ4n) is 1.96. The molecule has 0 fully saturated rings. The average molecular weight is 258 g/mol. The number of benzene rings is 1. The number of rotatable bonds is 7. The number of carbonyl (C=O) groups excluding carboxylic acids is 1. The summed E-state index contributed by atoms with van der Waals surface area (Å²) in [5.41, 5.74) is 1.01. The highest BCUT2D eigenvalue weighted by molar-refractivity contribution is 5.93. The van der Waals surface area contributed by atoms with Gasteiger partial charge in [0.15, 0.2) is 0 Å². The first-order valence-electron chi connectivity index (χ1n) is 6.47. The van der Waals surface area contributed by atoms with E-state index in [9.17, 15) is 4.79 Å². The summed E-state index contributed by atoms with van der Waals surface area (Å²) in [4.78, 5) is 14.4. The predicted molar refractivity (Wildman–Crippen MR) is 76.7 cm³/mol. The second-order valence-electron chi connectivity index (χ2n) is 4.33. The number of aromatic nitrogens is 1. The second-order valence-corrected chi connectivity index (χ2v) is 4.33. The Balaban J connectivity index is 2.03. The molecule has 1 aromatic carbocycles. The molecule has 1 N–H and O–H groups in total. The largest absolute Gasteiger partial charge is 0.494 e. The third kappa shape index (κ3) is 3.44. The molecule has 2 aromatic rings. The Labute approximate surface area is 112 Å². The maximum Gasteiger partial charge on any atom is 0.119 e. The van der Waals surface area contributed by atoms with E-state index in [-0.39, 0.29) is 0 Å². The van der Waals surface area contributed by atoms with Gasteiger partial charge in [0.25, 0.3) is 0 Å². The van der Waals surface area contributed by atoms with Gasteiger partial charge in [-0.25, -0.2) is 0 Å². The Kier molecular flexibility index (Phi) is 4.72. The van der Waals surface area contributed by atoms with E-state index in [0.29, 0.717) is 13.0 Å². The van der Waals surface area contributed by atoms with Gasteiger partial charge >= 0.3 is 0 Å². The molecular weight excluding hydrogens is 240 g/mol. The molecule has 4 nitrogen and oxygen atoms in total. The monoisotopic (exact) mass is 258 g/mol. The van der Waals surface area contributed by atoms with E-state index < -0.39 is 0 Å². The van der Waals surface area contributed by atoms with Gasteiger partial charge < -0.3 is 14.8 Å². The molecule has 4 heteroatoms. The lowest BCUT2D eigenvalue weighted by Gasteiger charge is -2.09. The third-order valence-electron chi connectivity index (χ3n) is 2.98. The van der Waals surface area contributed by atoms with Crippen LogP contribution in [0.1, 0.15) is 19.3 Å². The number of anilines is 1. The van der Waals surface area contributed by atoms with Crippen LogP contribution >= 0.6 is 0 Å². The molecule has 0 saturated heterocycles. The fraction of sp³-hybridized carbons (Fsp3) is 0.333. The van der Waals surface area contributed by atoms with Crippen LogP contribution < -0.4 is 10.1 Å². The SMILES string of the molecule is CNc1cncc2cc(OCCCCC=O)ccc12. The number of nitrogens with zero attached hydrogens (tertiary/aromatic N) is 1. The molecule has 0 saturated carbocycles. The number of nitrogens with one attached hydrogen (secondary N) is 1. The Morgan fingerprint density at radius 3 is 3.00 bits per heavy atom. The molecule has 0 bridgehead atoms. The fourth-order valence-corrected chi connectivity index (χ4v) is 1.96. The minimum Gasteiger partial charge on any atom is -0.494 e. The van der Waals surface area contributed by atoms with Crippen molar-refractivity contribution in [2.24, 2.45) is 0 Å². The summed E-state index contributed by atoms with van der Waals surface area (Å²) in [5, 5.41) is 5.30. The van der Waals surface area contributed by atoms with E-state index in [2.05, 4.69) is 10.3 Å². The van der Waals surface area contributed by atoms with Crippen molar-refractivity contribution in [1.82, 2.24) is 4.98 Å². The molecule has 0 aliphatic carbocycles. The Hall–Kier alpha value is -2.10. The van der Waals surface area contributed by atoms with Crippen LogP contribution in [-0.4, -0.2) is 24.9 Å². The molecular formula is C15H18N2O2. The second kappa shape index (κ2) is 6.73. The lowest BCUT2D eigenvalue weighted by Crippen LogP contribution is -1.98. The minimum absolute atomic E-state index is 0.608. The number of carbonyl (C=O) groups is 1. The molecule has 1 heterocycles. The molecule has 0 atom stereocenters. The van der Waals surface area contributed by atoms with E-state index in [0.717, 1.165) is 41.3 Å². The van der Waals surface area contributed by atoms with Gasteiger partial charge in [0.2, 0.25) is 0 Å². The van der Waals surface area contributed by atoms with Crippen molar-refractivity contribution >= 4 is 22.7 Å². The first kappa shape index (κ1) is 13.3. The van der Waals surface area contributed by atoms with Crippen molar-refractivity contribution in [2.45, 2.75) is 19.3 Å². The van der Waals surface area contributed by atoms with E-state index in [1.54, 1.807) is 0 Å². The van der Waals surface area contributed by atoms with Crippen LogP contribution in [0.3, 0.4) is 0 Å². The van der Waals surface area contributed by atoms with Gasteiger partial charge in [-0.05, 0) is 31.0 Å². The molecule has 0 aliphatic heterocycles. The van der Waals surface area contributed by atoms with Gasteiger partial charge in [0.05, 0.1) is 18.5 Å². The number of hydrogen-bond donors (Lipinski definition) is 1. The summed E-state index contributed by atoms with van der Waals surface area (Å²) in [6.45, 7) is 0.637. The topological polar surface area (TPSA) is 51.2 Å². The highest BCUT2D eigenvalue weighted by atomic mass is 16.5. The number of fused-ring (bicyclic) bond motifs is 1. The van der Waals surface area contributed by atoms with E-state index in [4.69, 9.17) is 4.74 Å². The standard InChI is InChI=1S/C15H18N2O2/c1-16-15-11-17-10-12-9-13(5-6-14(12)15)19-8-4-2-3-7-18/h5-7,9-11,16H,2-4,8H2,1H3. The van der Waals surface area contributed by atoms with Crippen molar-refractivity contribution in [3.05, 3.63) is 30.6 Å². The Morgan fingerprint density at radius 2 is 2.21 bits per heavy atom. The molecule has 1 aromatic heterocycles. The number of unbranched alkanes of at least 4 members (excludes halogenated alkanes) is 2. The van der Waals surface area contributed by atoms with Crippen molar-refractivity contribution in [1.29, 1.82) is 0 Å². The summed E-state index contributed by atoms with van der Waals surface area (Å²) < 4.78 is 5.67. The van der Waals surface area contributed by atoms with Crippen molar-refractivity contribution in [3.8, 4) is 5.75 Å². The van der Waals surface area contributed by atoms with Gasteiger partial charge in [-0.3, -0.25) is 4.98 Å². The summed E-state index contributed by atoms with van der Waals surface area (Å²) in [7, 11) is 1.88. The molecule has 0 amide bonds. The molecule has 0 radical (unpaired) electrons. The number of ether oxygens (including phenoxy) is 1. The molecule has 19 heavy (non-hydrogen) atoms. The molecule has 2 rings (SSSR count). The quantitative estimate of drug-likeness (QED) is 0.612. The highest BCUT2D eigenvalue weighted by Gasteiger charge is 2.02. The van der Waals surface area contributed by atoms with Crippen molar-refractivity contribution in [2.75, 3.05) is 19.0 Å². The lowest BCUT2D eigenvalue weighted by atomic mass is 10.1. The normalized spacial score (nSPS) is 10.4. The minimum atomic E-state index is 0.608. The van der Waals surface area contributed by atoms with Crippen LogP contribution in [0.4, 0.5) is 5.69 Å².